The van der Waals surface area contributed by atoms with Gasteiger partial charge in [-0.2, -0.15) is 0 Å². The second kappa shape index (κ2) is 56.9. The van der Waals surface area contributed by atoms with Gasteiger partial charge in [0.15, 0.2) is 34.7 Å². The molecule has 716 valence electrons. The second-order valence-electron chi connectivity index (χ2n) is 33.9. The fourth-order valence-electron chi connectivity index (χ4n) is 14.7. The number of hydrogen-bond donors (Lipinski definition) is 17. The van der Waals surface area contributed by atoms with E-state index < -0.39 is 310 Å². The zero-order chi connectivity index (χ0) is 97.2. The molecule has 39 heteroatoms. The number of hydrogen-bond acceptors (Lipinski definition) is 28. The Labute approximate surface area is 758 Å². The average molecular weight is 1840 g/mol. The molecule has 1 heterocycles. The van der Waals surface area contributed by atoms with Gasteiger partial charge in [-0.1, -0.05) is 107 Å². The number of carboxylic acids is 3. The molecule has 0 saturated carbocycles. The van der Waals surface area contributed by atoms with Gasteiger partial charge in [0, 0.05) is 82.2 Å². The Bertz CT molecular complexity index is 4380. The van der Waals surface area contributed by atoms with Crippen LogP contribution in [0.25, 0.3) is 0 Å². The van der Waals surface area contributed by atoms with Crippen molar-refractivity contribution < 1.29 is 142 Å². The van der Waals surface area contributed by atoms with Crippen LogP contribution in [0.2, 0.25) is 0 Å². The number of aliphatic hydroxyl groups is 4. The lowest BCUT2D eigenvalue weighted by atomic mass is 9.85. The first-order valence-electron chi connectivity index (χ1n) is 43.7. The van der Waals surface area contributed by atoms with Crippen molar-refractivity contribution >= 4 is 128 Å². The Balaban J connectivity index is 1.53. The molecule has 0 bridgehead atoms. The molecule has 18 N–H and O–H groups in total. The molecule has 0 spiro atoms. The van der Waals surface area contributed by atoms with Gasteiger partial charge in [0.05, 0.1) is 111 Å². The largest absolute Gasteiger partial charge is 0.508 e. The van der Waals surface area contributed by atoms with Gasteiger partial charge in [0.1, 0.15) is 29.1 Å². The van der Waals surface area contributed by atoms with E-state index in [0.717, 1.165) is 30.5 Å². The molecule has 0 unspecified atom stereocenters. The third kappa shape index (κ3) is 39.9. The number of nitrogens with zero attached hydrogens (tertiary/aromatic N) is 1. The van der Waals surface area contributed by atoms with Crippen molar-refractivity contribution in [3.63, 3.8) is 0 Å². The van der Waals surface area contributed by atoms with Crippen molar-refractivity contribution in [3.05, 3.63) is 95.6 Å². The van der Waals surface area contributed by atoms with Crippen LogP contribution in [-0.2, 0) is 110 Å². The number of aliphatic hydroxyl groups excluding tert-OH is 4. The Kier molecular flexibility index (Phi) is 48.6. The van der Waals surface area contributed by atoms with Gasteiger partial charge < -0.3 is 88.9 Å². The smallest absolute Gasteiger partial charge is 0.304 e. The van der Waals surface area contributed by atoms with E-state index in [-0.39, 0.29) is 86.1 Å². The first kappa shape index (κ1) is 111. The van der Waals surface area contributed by atoms with Crippen molar-refractivity contribution in [1.29, 1.82) is 0 Å². The predicted molar refractivity (Wildman–Crippen MR) is 470 cm³/mol. The Hall–Kier alpha value is -11.4. The number of carbonyl (C=O) groups is 20. The molecule has 1 aliphatic rings. The van der Waals surface area contributed by atoms with Gasteiger partial charge in [-0.25, -0.2) is 0 Å². The van der Waals surface area contributed by atoms with E-state index in [0.29, 0.717) is 36.9 Å². The lowest BCUT2D eigenvalue weighted by molar-refractivity contribution is -0.143. The van der Waals surface area contributed by atoms with Gasteiger partial charge in [0.25, 0.3) is 5.24 Å². The lowest BCUT2D eigenvalue weighted by Gasteiger charge is -2.28. The second-order valence-corrected chi connectivity index (χ2v) is 34.8. The van der Waals surface area contributed by atoms with Crippen molar-refractivity contribution in [3.8, 4) is 11.5 Å². The Morgan fingerprint density at radius 2 is 0.915 bits per heavy atom. The fourth-order valence-corrected chi connectivity index (χ4v) is 15.5. The number of ketones is 8. The molecular weight excluding hydrogens is 1720 g/mol. The standard InChI is InChI=1S/C91H127N9O29S/c1-8-51(4)83(78(114)39-59(33-56-20-25-63(105)26-21-56)86(124)95-70(32-50(2)3)74(110)37-60(41-81(118)119)85(123)94-52(5)16-12-14-30-92)99-88(126)62(47-101)40-75(111)71(35-57-22-27-64(106)28-23-57)96-87(125)61(42-82(120)121)38-76(112)73(48-102)98-90(128)69(54(7)104)45-77(113)72(34-55-17-10-9-11-18-55)97-89(127)68(53(6)103)44-67(109)46-93-84(122)58(24-29-80(116)117)36-66(108)43-65(107)19-13-15-31-100-79(115)49-130-91(100)129/h9-11,17-18,20-23,25-28,50-54,58-62,68-73,83,101-106H,8,12-16,19,24,29-49,92H2,1-7H3,(H,93,122)(H,94,123)(H,95,124)(H,96,125)(H,97,127)(H,98,128)(H,99,126)(H,116,117)(H,118,119)(H,120,121)/t51-,52+,53+,54+,58+,59+,60-,61-,62-,68-,69-,70-,71-,72-,73-,83-/m0/s1. The predicted octanol–water partition coefficient (Wildman–Crippen LogP) is 2.80. The quantitative estimate of drug-likeness (QED) is 0.0285. The summed E-state index contributed by atoms with van der Waals surface area (Å²) < 4.78 is 0. The molecule has 1 saturated heterocycles. The number of phenols is 2. The third-order valence-corrected chi connectivity index (χ3v) is 23.4. The van der Waals surface area contributed by atoms with Crippen LogP contribution in [0.1, 0.15) is 194 Å². The number of carboxylic acid groups (broad SMARTS) is 3. The molecule has 9 amide bonds. The first-order chi connectivity index (χ1) is 61.4. The zero-order valence-corrected chi connectivity index (χ0v) is 75.3. The molecular formula is C91H127N9O29S. The number of aromatic hydroxyl groups is 2. The molecule has 1 fully saturated rings. The molecule has 0 aliphatic carbocycles. The fraction of sp³-hybridized carbons (Fsp3) is 0.582. The number of thioether (sulfide) groups is 1. The van der Waals surface area contributed by atoms with E-state index in [1.54, 1.807) is 65.0 Å². The monoisotopic (exact) mass is 1840 g/mol. The van der Waals surface area contributed by atoms with Crippen molar-refractivity contribution in [2.24, 2.45) is 59.0 Å². The lowest BCUT2D eigenvalue weighted by Crippen LogP contribution is -2.52. The molecule has 130 heavy (non-hydrogen) atoms. The van der Waals surface area contributed by atoms with Crippen LogP contribution < -0.4 is 43.0 Å². The van der Waals surface area contributed by atoms with E-state index in [4.69, 9.17) is 5.73 Å². The van der Waals surface area contributed by atoms with Crippen LogP contribution >= 0.6 is 11.8 Å². The van der Waals surface area contributed by atoms with Crippen LogP contribution in [0.5, 0.6) is 11.5 Å². The summed E-state index contributed by atoms with van der Waals surface area (Å²) in [6.45, 7) is 8.16. The maximum atomic E-state index is 14.8. The Morgan fingerprint density at radius 1 is 0.438 bits per heavy atom. The minimum atomic E-state index is -2.00. The number of Topliss-reactive ketones (excluding diaryl/α,β-unsaturated/α-hetero) is 8. The minimum Gasteiger partial charge on any atom is -0.508 e. The van der Waals surface area contributed by atoms with Crippen molar-refractivity contribution in [1.82, 2.24) is 42.1 Å². The maximum absolute atomic E-state index is 14.8. The number of nitrogens with one attached hydrogen (secondary N) is 7. The molecule has 1 aliphatic heterocycles. The van der Waals surface area contributed by atoms with Crippen LogP contribution in [0.15, 0.2) is 78.9 Å². The minimum absolute atomic E-state index is 0.0114. The number of carbonyl (C=O) groups excluding carboxylic acids is 17. The molecule has 0 radical (unpaired) electrons. The summed E-state index contributed by atoms with van der Waals surface area (Å²) in [6.07, 6.45) is -10.7. The topological polar surface area (TPSA) is 637 Å². The molecule has 0 aromatic heterocycles. The number of nitrogens with two attached hydrogens (primary N) is 1. The summed E-state index contributed by atoms with van der Waals surface area (Å²) in [4.78, 5) is 272. The highest BCUT2D eigenvalue weighted by atomic mass is 32.2. The number of unbranched alkanes of at least 4 members (excludes halogenated alkanes) is 2. The highest BCUT2D eigenvalue weighted by molar-refractivity contribution is 8.14. The van der Waals surface area contributed by atoms with Crippen molar-refractivity contribution in [2.75, 3.05) is 38.6 Å². The number of phenolic OH excluding ortho intramolecular Hbond substituents is 2. The SMILES string of the molecule is CC[C@H](C)[C@H](NC(=O)[C@H](CO)CC(=O)[C@H](Cc1ccc(O)cc1)NC(=O)[C@H](CC(=O)O)CC(=O)[C@H](CO)NC(=O)[C@@H](CC(=O)[C@H](Cc1ccccc1)NC(=O)[C@@H](CC(=O)CNC(=O)[C@H](CCC(=O)O)CC(=O)CC(=O)CCCCN1C(=O)CSC1=O)[C@@H](C)O)[C@@H](C)O)C(=O)C[C@@H](Cc1ccc(O)cc1)C(=O)N[C@@H](CC(C)C)C(=O)C[C@@H](CC(=O)O)C(=O)N[C@H](C)CCCCN. The van der Waals surface area contributed by atoms with Crippen LogP contribution in [0.4, 0.5) is 4.79 Å². The first-order valence-corrected chi connectivity index (χ1v) is 44.6. The zero-order valence-electron chi connectivity index (χ0n) is 74.4. The highest BCUT2D eigenvalue weighted by Gasteiger charge is 2.41. The molecule has 3 aromatic carbocycles. The Morgan fingerprint density at radius 3 is 1.42 bits per heavy atom. The number of amides is 9. The van der Waals surface area contributed by atoms with Gasteiger partial charge in [-0.15, -0.1) is 0 Å². The van der Waals surface area contributed by atoms with Crippen LogP contribution in [0.3, 0.4) is 0 Å². The van der Waals surface area contributed by atoms with Crippen LogP contribution in [-0.4, -0.2) is 255 Å². The highest BCUT2D eigenvalue weighted by Crippen LogP contribution is 2.27. The molecule has 38 nitrogen and oxygen atoms in total. The average Bonchev–Trinajstić information content (AvgIpc) is 1.08. The van der Waals surface area contributed by atoms with E-state index in [2.05, 4.69) is 37.2 Å². The summed E-state index contributed by atoms with van der Waals surface area (Å²) in [5.41, 5.74) is 6.75. The summed E-state index contributed by atoms with van der Waals surface area (Å²) in [7, 11) is 0. The summed E-state index contributed by atoms with van der Waals surface area (Å²) in [5, 5.41) is 110. The molecule has 16 atom stereocenters. The van der Waals surface area contributed by atoms with Gasteiger partial charge in [0.2, 0.25) is 47.3 Å². The number of aliphatic carboxylic acids is 3. The summed E-state index contributed by atoms with van der Waals surface area (Å²) in [6, 6.07) is 10.3. The van der Waals surface area contributed by atoms with Crippen molar-refractivity contribution in [2.45, 2.75) is 245 Å². The van der Waals surface area contributed by atoms with Gasteiger partial charge in [-0.3, -0.25) is 101 Å². The van der Waals surface area contributed by atoms with E-state index in [9.17, 15) is 142 Å². The maximum Gasteiger partial charge on any atom is 0.304 e. The normalized spacial score (nSPS) is 15.7. The third-order valence-electron chi connectivity index (χ3n) is 22.5. The van der Waals surface area contributed by atoms with E-state index in [1.165, 1.54) is 48.5 Å². The number of imide groups is 1. The molecule has 4 rings (SSSR count). The van der Waals surface area contributed by atoms with Gasteiger partial charge >= 0.3 is 17.9 Å². The van der Waals surface area contributed by atoms with Crippen LogP contribution in [0, 0.1) is 53.3 Å². The summed E-state index contributed by atoms with van der Waals surface area (Å²) in [5.74, 6) is -30.8. The number of rotatable bonds is 66. The van der Waals surface area contributed by atoms with E-state index >= 15 is 0 Å². The molecule has 3 aromatic rings. The summed E-state index contributed by atoms with van der Waals surface area (Å²) >= 11 is 0.853. The van der Waals surface area contributed by atoms with E-state index in [1.807, 2.05) is 0 Å². The van der Waals surface area contributed by atoms with Gasteiger partial charge in [-0.05, 0) is 138 Å². The number of benzene rings is 3.